The minimum Gasteiger partial charge on any atom is -0.464 e. The number of pyridine rings is 1. The normalized spacial score (nSPS) is 12.4. The van der Waals surface area contributed by atoms with Crippen LogP contribution in [-0.2, 0) is 4.74 Å². The summed E-state index contributed by atoms with van der Waals surface area (Å²) in [5.74, 6) is 0.388. The third-order valence-electron chi connectivity index (χ3n) is 3.03. The number of benzene rings is 1. The van der Waals surface area contributed by atoms with Gasteiger partial charge in [0.25, 0.3) is 0 Å². The van der Waals surface area contributed by atoms with Crippen LogP contribution in [-0.4, -0.2) is 24.9 Å². The van der Waals surface area contributed by atoms with Gasteiger partial charge in [-0.1, -0.05) is 34.8 Å². The van der Waals surface area contributed by atoms with Crippen molar-refractivity contribution in [3.63, 3.8) is 0 Å². The largest absolute Gasteiger partial charge is 0.464 e. The molecule has 0 amide bonds. The fraction of sp³-hybridized carbons (Fsp3) is 0.143. The van der Waals surface area contributed by atoms with E-state index < -0.39 is 5.97 Å². The van der Waals surface area contributed by atoms with Gasteiger partial charge in [-0.3, -0.25) is 0 Å². The number of methoxy groups -OCH3 is 1. The maximum Gasteiger partial charge on any atom is 0.358 e. The van der Waals surface area contributed by atoms with Crippen molar-refractivity contribution in [2.24, 2.45) is 0 Å². The van der Waals surface area contributed by atoms with Crippen LogP contribution in [0.1, 0.15) is 10.5 Å². The van der Waals surface area contributed by atoms with E-state index in [1.165, 1.54) is 13.2 Å². The zero-order chi connectivity index (χ0) is 15.9. The molecule has 2 aromatic rings. The Morgan fingerprint density at radius 1 is 1.09 bits per heavy atom. The molecule has 8 heteroatoms. The van der Waals surface area contributed by atoms with Crippen LogP contribution in [0.2, 0.25) is 15.1 Å². The highest BCUT2D eigenvalue weighted by Crippen LogP contribution is 2.42. The SMILES string of the molecule is COC(=O)c1nc(-c2cc3c(cc2Cl)OCO3)c(Cl)cc1Cl. The van der Waals surface area contributed by atoms with Gasteiger partial charge in [0.1, 0.15) is 0 Å². The molecule has 3 rings (SSSR count). The first-order valence-corrected chi connectivity index (χ1v) is 7.18. The second kappa shape index (κ2) is 5.83. The van der Waals surface area contributed by atoms with Gasteiger partial charge in [-0.15, -0.1) is 0 Å². The second-order valence-electron chi connectivity index (χ2n) is 4.33. The van der Waals surface area contributed by atoms with Crippen LogP contribution in [0.3, 0.4) is 0 Å². The van der Waals surface area contributed by atoms with E-state index in [-0.39, 0.29) is 22.5 Å². The van der Waals surface area contributed by atoms with Crippen molar-refractivity contribution >= 4 is 40.8 Å². The third-order valence-corrected chi connectivity index (χ3v) is 3.91. The maximum atomic E-state index is 11.7. The lowest BCUT2D eigenvalue weighted by atomic mass is 10.1. The van der Waals surface area contributed by atoms with Crippen molar-refractivity contribution in [1.82, 2.24) is 4.98 Å². The molecule has 1 aliphatic heterocycles. The van der Waals surface area contributed by atoms with Gasteiger partial charge < -0.3 is 14.2 Å². The summed E-state index contributed by atoms with van der Waals surface area (Å²) < 4.78 is 15.2. The summed E-state index contributed by atoms with van der Waals surface area (Å²) in [5, 5.41) is 0.702. The van der Waals surface area contributed by atoms with E-state index in [2.05, 4.69) is 9.72 Å². The van der Waals surface area contributed by atoms with E-state index >= 15 is 0 Å². The molecular weight excluding hydrogens is 353 g/mol. The number of nitrogens with zero attached hydrogens (tertiary/aromatic N) is 1. The highest BCUT2D eigenvalue weighted by Gasteiger charge is 2.22. The maximum absolute atomic E-state index is 11.7. The van der Waals surface area contributed by atoms with E-state index in [0.717, 1.165) is 0 Å². The number of rotatable bonds is 2. The molecule has 5 nitrogen and oxygen atoms in total. The van der Waals surface area contributed by atoms with Crippen LogP contribution in [0.15, 0.2) is 18.2 Å². The Hall–Kier alpha value is -1.69. The van der Waals surface area contributed by atoms with E-state index in [0.29, 0.717) is 27.8 Å². The van der Waals surface area contributed by atoms with Gasteiger partial charge in [0.15, 0.2) is 17.2 Å². The first-order chi connectivity index (χ1) is 10.5. The summed E-state index contributed by atoms with van der Waals surface area (Å²) in [6.07, 6.45) is 0. The Kier molecular flexibility index (Phi) is 4.04. The minimum absolute atomic E-state index is 0.0442. The predicted octanol–water partition coefficient (Wildman–Crippen LogP) is 4.22. The molecule has 0 spiro atoms. The molecule has 0 atom stereocenters. The smallest absolute Gasteiger partial charge is 0.358 e. The number of aromatic nitrogens is 1. The standard InChI is InChI=1S/C14H8Cl3NO4/c1-20-14(19)13-9(17)3-8(16)12(18-13)6-2-10-11(4-7(6)15)22-5-21-10/h2-4H,5H2,1H3. The van der Waals surface area contributed by atoms with Crippen molar-refractivity contribution in [2.45, 2.75) is 0 Å². The van der Waals surface area contributed by atoms with Crippen LogP contribution in [0.4, 0.5) is 0 Å². The molecule has 0 saturated heterocycles. The van der Waals surface area contributed by atoms with Crippen molar-refractivity contribution in [1.29, 1.82) is 0 Å². The van der Waals surface area contributed by atoms with Crippen LogP contribution < -0.4 is 9.47 Å². The Labute approximate surface area is 140 Å². The van der Waals surface area contributed by atoms with Gasteiger partial charge in [0.05, 0.1) is 27.9 Å². The molecule has 0 bridgehead atoms. The molecule has 114 valence electrons. The first kappa shape index (κ1) is 15.2. The Morgan fingerprint density at radius 2 is 1.77 bits per heavy atom. The fourth-order valence-corrected chi connectivity index (χ4v) is 2.77. The Balaban J connectivity index is 2.18. The predicted molar refractivity (Wildman–Crippen MR) is 82.2 cm³/mol. The van der Waals surface area contributed by atoms with Crippen LogP contribution in [0.5, 0.6) is 11.5 Å². The number of hydrogen-bond donors (Lipinski definition) is 0. The zero-order valence-corrected chi connectivity index (χ0v) is 13.4. The van der Waals surface area contributed by atoms with Gasteiger partial charge in [0.2, 0.25) is 6.79 Å². The third kappa shape index (κ3) is 2.56. The summed E-state index contributed by atoms with van der Waals surface area (Å²) in [6, 6.07) is 4.66. The summed E-state index contributed by atoms with van der Waals surface area (Å²) in [6.45, 7) is 0.115. The van der Waals surface area contributed by atoms with Crippen molar-refractivity contribution in [3.05, 3.63) is 39.0 Å². The number of halogens is 3. The minimum atomic E-state index is -0.667. The molecule has 0 fully saturated rings. The molecule has 0 aliphatic carbocycles. The van der Waals surface area contributed by atoms with E-state index in [9.17, 15) is 4.79 Å². The molecular formula is C14H8Cl3NO4. The summed E-state index contributed by atoms with van der Waals surface area (Å²) in [7, 11) is 1.24. The number of hydrogen-bond acceptors (Lipinski definition) is 5. The lowest BCUT2D eigenvalue weighted by Gasteiger charge is -2.10. The quantitative estimate of drug-likeness (QED) is 0.750. The van der Waals surface area contributed by atoms with Crippen LogP contribution in [0.25, 0.3) is 11.3 Å². The first-order valence-electron chi connectivity index (χ1n) is 6.05. The van der Waals surface area contributed by atoms with Gasteiger partial charge in [-0.2, -0.15) is 0 Å². The lowest BCUT2D eigenvalue weighted by molar-refractivity contribution is 0.0594. The van der Waals surface area contributed by atoms with Crippen molar-refractivity contribution in [3.8, 4) is 22.8 Å². The summed E-state index contributed by atoms with van der Waals surface area (Å²) >= 11 is 18.4. The Bertz CT molecular complexity index is 779. The molecule has 22 heavy (non-hydrogen) atoms. The van der Waals surface area contributed by atoms with Gasteiger partial charge >= 0.3 is 5.97 Å². The monoisotopic (exact) mass is 359 g/mol. The number of ether oxygens (including phenoxy) is 3. The van der Waals surface area contributed by atoms with Crippen molar-refractivity contribution < 1.29 is 19.0 Å². The number of esters is 1. The van der Waals surface area contributed by atoms with Gasteiger partial charge in [-0.05, 0) is 12.1 Å². The molecule has 0 saturated carbocycles. The van der Waals surface area contributed by atoms with Crippen LogP contribution >= 0.6 is 34.8 Å². The van der Waals surface area contributed by atoms with E-state index in [1.807, 2.05) is 0 Å². The topological polar surface area (TPSA) is 57.7 Å². The average Bonchev–Trinajstić information content (AvgIpc) is 2.93. The second-order valence-corrected chi connectivity index (χ2v) is 5.55. The van der Waals surface area contributed by atoms with Gasteiger partial charge in [-0.25, -0.2) is 9.78 Å². The van der Waals surface area contributed by atoms with Crippen molar-refractivity contribution in [2.75, 3.05) is 13.9 Å². The molecule has 0 unspecified atom stereocenters. The summed E-state index contributed by atoms with van der Waals surface area (Å²) in [5.41, 5.74) is 0.754. The average molecular weight is 361 g/mol. The number of carbonyl (C=O) groups is 1. The van der Waals surface area contributed by atoms with Gasteiger partial charge in [0, 0.05) is 11.6 Å². The molecule has 0 N–H and O–H groups in total. The molecule has 1 aromatic heterocycles. The molecule has 2 heterocycles. The Morgan fingerprint density at radius 3 is 2.45 bits per heavy atom. The van der Waals surface area contributed by atoms with Crippen LogP contribution in [0, 0.1) is 0 Å². The highest BCUT2D eigenvalue weighted by molar-refractivity contribution is 6.38. The lowest BCUT2D eigenvalue weighted by Crippen LogP contribution is -2.06. The van der Waals surface area contributed by atoms with E-state index in [4.69, 9.17) is 44.3 Å². The molecule has 1 aromatic carbocycles. The van der Waals surface area contributed by atoms with E-state index in [1.54, 1.807) is 12.1 Å². The fourth-order valence-electron chi connectivity index (χ4n) is 1.99. The highest BCUT2D eigenvalue weighted by atomic mass is 35.5. The number of fused-ring (bicyclic) bond motifs is 1. The molecule has 0 radical (unpaired) electrons. The summed E-state index contributed by atoms with van der Waals surface area (Å²) in [4.78, 5) is 15.9. The zero-order valence-electron chi connectivity index (χ0n) is 11.2. The molecule has 1 aliphatic rings. The number of carbonyl (C=O) groups excluding carboxylic acids is 1.